The topological polar surface area (TPSA) is 3.24 Å². The van der Waals surface area contributed by atoms with Crippen molar-refractivity contribution in [2.75, 3.05) is 13.6 Å². The van der Waals surface area contributed by atoms with E-state index in [9.17, 15) is 0 Å². The summed E-state index contributed by atoms with van der Waals surface area (Å²) in [6.45, 7) is 4.65. The van der Waals surface area contributed by atoms with Crippen molar-refractivity contribution in [1.29, 1.82) is 0 Å². The van der Waals surface area contributed by atoms with Gasteiger partial charge in [-0.25, -0.2) is 0 Å². The summed E-state index contributed by atoms with van der Waals surface area (Å²) in [5, 5.41) is 0. The Morgan fingerprint density at radius 1 is 1.00 bits per heavy atom. The number of hydrogen-bond acceptors (Lipinski definition) is 1. The van der Waals surface area contributed by atoms with E-state index >= 15 is 0 Å². The zero-order valence-electron chi connectivity index (χ0n) is 12.0. The molecule has 0 aliphatic heterocycles. The van der Waals surface area contributed by atoms with E-state index in [0.717, 1.165) is 13.0 Å². The fourth-order valence-corrected chi connectivity index (χ4v) is 2.21. The van der Waals surface area contributed by atoms with Gasteiger partial charge in [-0.05, 0) is 23.1 Å². The van der Waals surface area contributed by atoms with Crippen LogP contribution in [0.3, 0.4) is 0 Å². The van der Waals surface area contributed by atoms with Crippen LogP contribution in [0.15, 0.2) is 79.5 Å². The Morgan fingerprint density at radius 3 is 2.20 bits per heavy atom. The molecule has 0 bridgehead atoms. The van der Waals surface area contributed by atoms with Crippen molar-refractivity contribution in [3.63, 3.8) is 0 Å². The molecule has 0 aromatic heterocycles. The summed E-state index contributed by atoms with van der Waals surface area (Å²) in [4.78, 5) is 2.16. The largest absolute Gasteiger partial charge is 0.376 e. The van der Waals surface area contributed by atoms with Crippen molar-refractivity contribution < 1.29 is 0 Å². The summed E-state index contributed by atoms with van der Waals surface area (Å²) in [7, 11) is 2.08. The van der Waals surface area contributed by atoms with E-state index in [1.165, 1.54) is 16.7 Å². The summed E-state index contributed by atoms with van der Waals surface area (Å²) in [6, 6.07) is 21.1. The van der Waals surface area contributed by atoms with Gasteiger partial charge in [0.1, 0.15) is 0 Å². The molecule has 102 valence electrons. The first-order valence-corrected chi connectivity index (χ1v) is 6.91. The molecule has 0 radical (unpaired) electrons. The van der Waals surface area contributed by atoms with Gasteiger partial charge >= 0.3 is 0 Å². The first-order chi connectivity index (χ1) is 9.79. The molecule has 0 N–H and O–H groups in total. The van der Waals surface area contributed by atoms with Crippen molar-refractivity contribution in [2.45, 2.75) is 6.42 Å². The smallest absolute Gasteiger partial charge is 0.0348 e. The SMILES string of the molecule is C=CCN(C)/C=C(/Cc1ccccc1)c1ccccc1. The molecule has 2 aromatic rings. The van der Waals surface area contributed by atoms with Crippen molar-refractivity contribution >= 4 is 5.57 Å². The summed E-state index contributed by atoms with van der Waals surface area (Å²) < 4.78 is 0. The minimum absolute atomic E-state index is 0.852. The lowest BCUT2D eigenvalue weighted by molar-refractivity contribution is 0.511. The highest BCUT2D eigenvalue weighted by atomic mass is 15.1. The third-order valence-corrected chi connectivity index (χ3v) is 3.18. The molecule has 1 heteroatoms. The normalized spacial score (nSPS) is 11.2. The van der Waals surface area contributed by atoms with Gasteiger partial charge in [0, 0.05) is 19.8 Å². The van der Waals surface area contributed by atoms with E-state index < -0.39 is 0 Å². The molecule has 0 atom stereocenters. The average Bonchev–Trinajstić information content (AvgIpc) is 2.49. The molecule has 0 unspecified atom stereocenters. The minimum atomic E-state index is 0.852. The predicted octanol–water partition coefficient (Wildman–Crippen LogP) is 4.39. The third-order valence-electron chi connectivity index (χ3n) is 3.18. The van der Waals surface area contributed by atoms with Gasteiger partial charge in [-0.3, -0.25) is 0 Å². The van der Waals surface area contributed by atoms with Gasteiger partial charge in [-0.1, -0.05) is 66.7 Å². The van der Waals surface area contributed by atoms with Crippen LogP contribution in [0.1, 0.15) is 11.1 Å². The van der Waals surface area contributed by atoms with Crippen LogP contribution >= 0.6 is 0 Å². The zero-order valence-corrected chi connectivity index (χ0v) is 12.0. The van der Waals surface area contributed by atoms with Crippen molar-refractivity contribution in [3.05, 3.63) is 90.6 Å². The molecule has 2 aromatic carbocycles. The number of benzene rings is 2. The van der Waals surface area contributed by atoms with Crippen molar-refractivity contribution in [3.8, 4) is 0 Å². The quantitative estimate of drug-likeness (QED) is 0.699. The molecular formula is C19H21N. The van der Waals surface area contributed by atoms with Crippen molar-refractivity contribution in [2.24, 2.45) is 0 Å². The van der Waals surface area contributed by atoms with Crippen LogP contribution in [0.25, 0.3) is 5.57 Å². The fraction of sp³-hybridized carbons (Fsp3) is 0.158. The molecule has 0 amide bonds. The zero-order chi connectivity index (χ0) is 14.2. The maximum absolute atomic E-state index is 3.79. The molecule has 0 aliphatic carbocycles. The van der Waals surface area contributed by atoms with Gasteiger partial charge < -0.3 is 4.90 Å². The van der Waals surface area contributed by atoms with Gasteiger partial charge in [0.15, 0.2) is 0 Å². The second kappa shape index (κ2) is 7.34. The Kier molecular flexibility index (Phi) is 5.19. The van der Waals surface area contributed by atoms with Crippen LogP contribution in [0, 0.1) is 0 Å². The Labute approximate surface area is 121 Å². The predicted molar refractivity (Wildman–Crippen MR) is 87.4 cm³/mol. The number of nitrogens with zero attached hydrogens (tertiary/aromatic N) is 1. The minimum Gasteiger partial charge on any atom is -0.376 e. The Bertz CT molecular complexity index is 555. The number of hydrogen-bond donors (Lipinski definition) is 0. The number of rotatable bonds is 6. The molecule has 0 heterocycles. The van der Waals surface area contributed by atoms with Gasteiger partial charge in [0.05, 0.1) is 0 Å². The number of allylic oxidation sites excluding steroid dienone is 1. The summed E-state index contributed by atoms with van der Waals surface area (Å²) >= 11 is 0. The van der Waals surface area contributed by atoms with Crippen LogP contribution in [0.2, 0.25) is 0 Å². The summed E-state index contributed by atoms with van der Waals surface area (Å²) in [5.74, 6) is 0. The molecule has 0 saturated heterocycles. The summed E-state index contributed by atoms with van der Waals surface area (Å²) in [5.41, 5.74) is 3.92. The summed E-state index contributed by atoms with van der Waals surface area (Å²) in [6.07, 6.45) is 5.07. The van der Waals surface area contributed by atoms with Crippen LogP contribution in [0.5, 0.6) is 0 Å². The average molecular weight is 263 g/mol. The molecule has 20 heavy (non-hydrogen) atoms. The Morgan fingerprint density at radius 2 is 1.60 bits per heavy atom. The second-order valence-electron chi connectivity index (χ2n) is 4.91. The lowest BCUT2D eigenvalue weighted by atomic mass is 9.99. The first kappa shape index (κ1) is 14.1. The van der Waals surface area contributed by atoms with Gasteiger partial charge in [0.2, 0.25) is 0 Å². The van der Waals surface area contributed by atoms with E-state index in [1.54, 1.807) is 0 Å². The molecule has 1 nitrogen and oxygen atoms in total. The Balaban J connectivity index is 2.27. The lowest BCUT2D eigenvalue weighted by Crippen LogP contribution is -2.11. The monoisotopic (exact) mass is 263 g/mol. The standard InChI is InChI=1S/C19H21N/c1-3-14-20(2)16-19(18-12-8-5-9-13-18)15-17-10-6-4-7-11-17/h3-13,16H,1,14-15H2,2H3/b19-16-. The van der Waals surface area contributed by atoms with E-state index in [2.05, 4.69) is 85.4 Å². The molecule has 0 saturated carbocycles. The first-order valence-electron chi connectivity index (χ1n) is 6.91. The maximum atomic E-state index is 3.79. The molecule has 2 rings (SSSR count). The van der Waals surface area contributed by atoms with Crippen LogP contribution in [-0.2, 0) is 6.42 Å². The second-order valence-corrected chi connectivity index (χ2v) is 4.91. The Hall–Kier alpha value is -2.28. The highest BCUT2D eigenvalue weighted by Crippen LogP contribution is 2.20. The molecule has 0 fully saturated rings. The van der Waals surface area contributed by atoms with Crippen LogP contribution in [0.4, 0.5) is 0 Å². The van der Waals surface area contributed by atoms with Crippen molar-refractivity contribution in [1.82, 2.24) is 4.90 Å². The van der Waals surface area contributed by atoms with Crippen LogP contribution < -0.4 is 0 Å². The van der Waals surface area contributed by atoms with E-state index in [-0.39, 0.29) is 0 Å². The van der Waals surface area contributed by atoms with Gasteiger partial charge in [-0.15, -0.1) is 6.58 Å². The molecule has 0 aliphatic rings. The maximum Gasteiger partial charge on any atom is 0.0348 e. The molecular weight excluding hydrogens is 242 g/mol. The lowest BCUT2D eigenvalue weighted by Gasteiger charge is -2.16. The highest BCUT2D eigenvalue weighted by Gasteiger charge is 2.04. The fourth-order valence-electron chi connectivity index (χ4n) is 2.21. The molecule has 0 spiro atoms. The van der Waals surface area contributed by atoms with Crippen LogP contribution in [-0.4, -0.2) is 18.5 Å². The third kappa shape index (κ3) is 4.13. The van der Waals surface area contributed by atoms with Gasteiger partial charge in [-0.2, -0.15) is 0 Å². The highest BCUT2D eigenvalue weighted by molar-refractivity contribution is 5.67. The van der Waals surface area contributed by atoms with E-state index in [4.69, 9.17) is 0 Å². The van der Waals surface area contributed by atoms with Gasteiger partial charge in [0.25, 0.3) is 0 Å². The van der Waals surface area contributed by atoms with E-state index in [0.29, 0.717) is 0 Å². The number of likely N-dealkylation sites (N-methyl/N-ethyl adjacent to an activating group) is 1. The van der Waals surface area contributed by atoms with E-state index in [1.807, 2.05) is 6.08 Å².